The third kappa shape index (κ3) is 2.22. The maximum absolute atomic E-state index is 11.2. The van der Waals surface area contributed by atoms with Crippen LogP contribution in [0, 0.1) is 0 Å². The van der Waals surface area contributed by atoms with E-state index in [9.17, 15) is 4.79 Å². The molecule has 1 N–H and O–H groups in total. The van der Waals surface area contributed by atoms with Crippen molar-refractivity contribution in [2.75, 3.05) is 19.0 Å². The van der Waals surface area contributed by atoms with Gasteiger partial charge in [0.2, 0.25) is 0 Å². The average Bonchev–Trinajstić information content (AvgIpc) is 2.47. The van der Waals surface area contributed by atoms with Gasteiger partial charge in [-0.3, -0.25) is 4.79 Å². The highest BCUT2D eigenvalue weighted by Crippen LogP contribution is 2.31. The molecule has 0 radical (unpaired) electrons. The van der Waals surface area contributed by atoms with E-state index < -0.39 is 0 Å². The van der Waals surface area contributed by atoms with Crippen molar-refractivity contribution in [2.24, 2.45) is 0 Å². The van der Waals surface area contributed by atoms with Crippen LogP contribution in [0.3, 0.4) is 0 Å². The SMILES string of the molecule is COc1ccc(-c2cnc3c(c2)OCC(=O)N3)cc1. The van der Waals surface area contributed by atoms with Crippen molar-refractivity contribution in [1.29, 1.82) is 0 Å². The summed E-state index contributed by atoms with van der Waals surface area (Å²) in [5.74, 6) is 1.68. The van der Waals surface area contributed by atoms with E-state index in [0.717, 1.165) is 16.9 Å². The number of nitrogens with zero attached hydrogens (tertiary/aromatic N) is 1. The second kappa shape index (κ2) is 4.61. The summed E-state index contributed by atoms with van der Waals surface area (Å²) in [6.07, 6.45) is 1.70. The standard InChI is InChI=1S/C14H12N2O3/c1-18-11-4-2-9(3-5-11)10-6-12-14(15-7-10)16-13(17)8-19-12/h2-7H,8H2,1H3,(H,15,16,17). The molecule has 1 aromatic carbocycles. The van der Waals surface area contributed by atoms with Gasteiger partial charge in [-0.15, -0.1) is 0 Å². The molecule has 0 saturated heterocycles. The van der Waals surface area contributed by atoms with Gasteiger partial charge in [0.05, 0.1) is 7.11 Å². The molecular weight excluding hydrogens is 244 g/mol. The van der Waals surface area contributed by atoms with E-state index in [1.807, 2.05) is 30.3 Å². The third-order valence-corrected chi connectivity index (χ3v) is 2.89. The molecule has 5 nitrogen and oxygen atoms in total. The minimum Gasteiger partial charge on any atom is -0.497 e. The van der Waals surface area contributed by atoms with Gasteiger partial charge < -0.3 is 14.8 Å². The molecule has 0 spiro atoms. The van der Waals surface area contributed by atoms with Crippen LogP contribution >= 0.6 is 0 Å². The van der Waals surface area contributed by atoms with Gasteiger partial charge in [-0.05, 0) is 23.8 Å². The predicted molar refractivity (Wildman–Crippen MR) is 70.3 cm³/mol. The fraction of sp³-hybridized carbons (Fsp3) is 0.143. The molecule has 1 aliphatic heterocycles. The van der Waals surface area contributed by atoms with E-state index >= 15 is 0 Å². The number of ether oxygens (including phenoxy) is 2. The number of carbonyl (C=O) groups is 1. The molecule has 96 valence electrons. The van der Waals surface area contributed by atoms with Crippen molar-refractivity contribution >= 4 is 11.7 Å². The first kappa shape index (κ1) is 11.5. The zero-order valence-corrected chi connectivity index (χ0v) is 10.3. The van der Waals surface area contributed by atoms with E-state index in [2.05, 4.69) is 10.3 Å². The molecule has 0 bridgehead atoms. The van der Waals surface area contributed by atoms with E-state index in [-0.39, 0.29) is 12.5 Å². The number of benzene rings is 1. The Morgan fingerprint density at radius 2 is 2.05 bits per heavy atom. The zero-order chi connectivity index (χ0) is 13.2. The van der Waals surface area contributed by atoms with Gasteiger partial charge in [0, 0.05) is 11.8 Å². The number of anilines is 1. The fourth-order valence-corrected chi connectivity index (χ4v) is 1.90. The first-order chi connectivity index (χ1) is 9.26. The number of hydrogen-bond donors (Lipinski definition) is 1. The fourth-order valence-electron chi connectivity index (χ4n) is 1.90. The number of methoxy groups -OCH3 is 1. The van der Waals surface area contributed by atoms with Gasteiger partial charge in [0.15, 0.2) is 18.2 Å². The second-order valence-corrected chi connectivity index (χ2v) is 4.14. The number of fused-ring (bicyclic) bond motifs is 1. The lowest BCUT2D eigenvalue weighted by Crippen LogP contribution is -2.26. The molecule has 1 aromatic heterocycles. The third-order valence-electron chi connectivity index (χ3n) is 2.89. The first-order valence-corrected chi connectivity index (χ1v) is 5.83. The summed E-state index contributed by atoms with van der Waals surface area (Å²) >= 11 is 0. The molecule has 5 heteroatoms. The maximum atomic E-state index is 11.2. The van der Waals surface area contributed by atoms with E-state index in [4.69, 9.17) is 9.47 Å². The van der Waals surface area contributed by atoms with Crippen LogP contribution in [0.1, 0.15) is 0 Å². The lowest BCUT2D eigenvalue weighted by atomic mass is 10.1. The Labute approximate surface area is 110 Å². The number of amides is 1. The molecule has 0 fully saturated rings. The van der Waals surface area contributed by atoms with Crippen LogP contribution in [-0.2, 0) is 4.79 Å². The second-order valence-electron chi connectivity index (χ2n) is 4.14. The highest BCUT2D eigenvalue weighted by atomic mass is 16.5. The molecule has 19 heavy (non-hydrogen) atoms. The normalized spacial score (nSPS) is 13.2. The minimum atomic E-state index is -0.183. The number of pyridine rings is 1. The minimum absolute atomic E-state index is 0.0285. The van der Waals surface area contributed by atoms with E-state index in [1.165, 1.54) is 0 Å². The van der Waals surface area contributed by atoms with Gasteiger partial charge >= 0.3 is 0 Å². The molecule has 2 heterocycles. The van der Waals surface area contributed by atoms with Gasteiger partial charge in [0.1, 0.15) is 5.75 Å². The van der Waals surface area contributed by atoms with Crippen molar-refractivity contribution < 1.29 is 14.3 Å². The summed E-state index contributed by atoms with van der Waals surface area (Å²) in [7, 11) is 1.63. The predicted octanol–water partition coefficient (Wildman–Crippen LogP) is 2.09. The van der Waals surface area contributed by atoms with Crippen LogP contribution in [0.25, 0.3) is 11.1 Å². The smallest absolute Gasteiger partial charge is 0.263 e. The maximum Gasteiger partial charge on any atom is 0.263 e. The Balaban J connectivity index is 1.95. The largest absolute Gasteiger partial charge is 0.497 e. The van der Waals surface area contributed by atoms with Crippen LogP contribution < -0.4 is 14.8 Å². The first-order valence-electron chi connectivity index (χ1n) is 5.83. The van der Waals surface area contributed by atoms with Gasteiger partial charge in [-0.2, -0.15) is 0 Å². The number of carbonyl (C=O) groups excluding carboxylic acids is 1. The molecule has 3 rings (SSSR count). The van der Waals surface area contributed by atoms with Crippen molar-refractivity contribution in [3.63, 3.8) is 0 Å². The van der Waals surface area contributed by atoms with Gasteiger partial charge in [-0.1, -0.05) is 12.1 Å². The summed E-state index contributed by atoms with van der Waals surface area (Å²) in [6.45, 7) is 0.0285. The highest BCUT2D eigenvalue weighted by molar-refractivity contribution is 5.94. The Kier molecular flexibility index (Phi) is 2.79. The van der Waals surface area contributed by atoms with E-state index in [0.29, 0.717) is 11.6 Å². The zero-order valence-electron chi connectivity index (χ0n) is 10.3. The number of nitrogens with one attached hydrogen (secondary N) is 1. The van der Waals surface area contributed by atoms with Gasteiger partial charge in [0.25, 0.3) is 5.91 Å². The molecule has 0 saturated carbocycles. The van der Waals surface area contributed by atoms with Crippen molar-refractivity contribution in [1.82, 2.24) is 4.98 Å². The summed E-state index contributed by atoms with van der Waals surface area (Å²) in [4.78, 5) is 15.4. The Hall–Kier alpha value is -2.56. The van der Waals surface area contributed by atoms with Crippen molar-refractivity contribution in [3.05, 3.63) is 36.5 Å². The molecule has 0 aliphatic carbocycles. The monoisotopic (exact) mass is 256 g/mol. The molecular formula is C14H12N2O3. The summed E-state index contributed by atoms with van der Waals surface area (Å²) < 4.78 is 10.5. The Morgan fingerprint density at radius 3 is 2.79 bits per heavy atom. The summed E-state index contributed by atoms with van der Waals surface area (Å²) in [5, 5.41) is 2.66. The number of hydrogen-bond acceptors (Lipinski definition) is 4. The Morgan fingerprint density at radius 1 is 1.26 bits per heavy atom. The quantitative estimate of drug-likeness (QED) is 0.893. The molecule has 0 unspecified atom stereocenters. The Bertz CT molecular complexity index is 623. The molecule has 1 amide bonds. The van der Waals surface area contributed by atoms with Crippen molar-refractivity contribution in [2.45, 2.75) is 0 Å². The van der Waals surface area contributed by atoms with Gasteiger partial charge in [-0.25, -0.2) is 4.98 Å². The number of rotatable bonds is 2. The summed E-state index contributed by atoms with van der Waals surface area (Å²) in [5.41, 5.74) is 1.94. The molecule has 1 aliphatic rings. The van der Waals surface area contributed by atoms with Crippen molar-refractivity contribution in [3.8, 4) is 22.6 Å². The average molecular weight is 256 g/mol. The van der Waals surface area contributed by atoms with Crippen LogP contribution in [0.4, 0.5) is 5.82 Å². The molecule has 2 aromatic rings. The highest BCUT2D eigenvalue weighted by Gasteiger charge is 2.17. The van der Waals surface area contributed by atoms with Crippen LogP contribution in [0.15, 0.2) is 36.5 Å². The topological polar surface area (TPSA) is 60.5 Å². The van der Waals surface area contributed by atoms with Crippen LogP contribution in [-0.4, -0.2) is 24.6 Å². The lowest BCUT2D eigenvalue weighted by molar-refractivity contribution is -0.118. The van der Waals surface area contributed by atoms with Crippen LogP contribution in [0.2, 0.25) is 0 Å². The summed E-state index contributed by atoms with van der Waals surface area (Å²) in [6, 6.07) is 9.53. The van der Waals surface area contributed by atoms with E-state index in [1.54, 1.807) is 13.3 Å². The molecule has 0 atom stereocenters. The number of aromatic nitrogens is 1. The van der Waals surface area contributed by atoms with Crippen LogP contribution in [0.5, 0.6) is 11.5 Å². The lowest BCUT2D eigenvalue weighted by Gasteiger charge is -2.17.